The number of amides is 2. The van der Waals surface area contributed by atoms with E-state index in [4.69, 9.17) is 9.15 Å². The van der Waals surface area contributed by atoms with E-state index in [9.17, 15) is 9.59 Å². The number of ether oxygens (including phenoxy) is 1. The minimum absolute atomic E-state index is 0.0457. The molecule has 1 aromatic heterocycles. The van der Waals surface area contributed by atoms with Crippen molar-refractivity contribution in [1.82, 2.24) is 4.90 Å². The van der Waals surface area contributed by atoms with Crippen molar-refractivity contribution in [2.45, 2.75) is 33.9 Å². The van der Waals surface area contributed by atoms with E-state index < -0.39 is 0 Å². The fourth-order valence-electron chi connectivity index (χ4n) is 3.02. The average Bonchev–Trinajstić information content (AvgIpc) is 3.18. The summed E-state index contributed by atoms with van der Waals surface area (Å²) in [7, 11) is 1.72. The molecule has 1 N–H and O–H groups in total. The van der Waals surface area contributed by atoms with Gasteiger partial charge in [0, 0.05) is 26.2 Å². The molecule has 0 fully saturated rings. The molecule has 0 atom stereocenters. The molecule has 0 radical (unpaired) electrons. The quantitative estimate of drug-likeness (QED) is 0.617. The van der Waals surface area contributed by atoms with Crippen molar-refractivity contribution in [2.24, 2.45) is 0 Å². The summed E-state index contributed by atoms with van der Waals surface area (Å²) in [5.41, 5.74) is 3.70. The number of nitrogens with one attached hydrogen (secondary N) is 1. The van der Waals surface area contributed by atoms with E-state index >= 15 is 0 Å². The normalized spacial score (nSPS) is 10.5. The van der Waals surface area contributed by atoms with Crippen LogP contribution in [0.5, 0.6) is 5.75 Å². The van der Waals surface area contributed by atoms with E-state index in [0.717, 1.165) is 16.9 Å². The molecular weight excluding hydrogens is 380 g/mol. The Hall–Kier alpha value is -3.54. The van der Waals surface area contributed by atoms with Crippen LogP contribution in [-0.2, 0) is 17.9 Å². The lowest BCUT2D eigenvalue weighted by Gasteiger charge is -2.17. The molecule has 0 aliphatic rings. The first-order valence-corrected chi connectivity index (χ1v) is 9.73. The number of aryl methyl sites for hydroxylation is 2. The predicted octanol–water partition coefficient (Wildman–Crippen LogP) is 4.71. The molecule has 3 aromatic rings. The van der Waals surface area contributed by atoms with Gasteiger partial charge in [-0.05, 0) is 49.2 Å². The van der Waals surface area contributed by atoms with Gasteiger partial charge in [0.1, 0.15) is 18.1 Å². The van der Waals surface area contributed by atoms with Crippen LogP contribution in [-0.4, -0.2) is 23.8 Å². The standard InChI is InChI=1S/C24H26N2O4/c1-16-9-11-22(17(2)13-16)29-15-20-10-12-23(30-20)24(28)25-21-8-6-5-7-19(21)14-26(4)18(3)27/h5-13H,14-15H2,1-4H3,(H,25,28). The van der Waals surface area contributed by atoms with Crippen LogP contribution in [0.25, 0.3) is 0 Å². The van der Waals surface area contributed by atoms with Crippen molar-refractivity contribution in [3.63, 3.8) is 0 Å². The average molecular weight is 406 g/mol. The third kappa shape index (κ3) is 5.29. The van der Waals surface area contributed by atoms with Crippen LogP contribution in [0, 0.1) is 13.8 Å². The third-order valence-electron chi connectivity index (χ3n) is 4.80. The molecule has 2 amide bonds. The lowest BCUT2D eigenvalue weighted by molar-refractivity contribution is -0.128. The lowest BCUT2D eigenvalue weighted by Crippen LogP contribution is -2.24. The Morgan fingerprint density at radius 1 is 1.07 bits per heavy atom. The van der Waals surface area contributed by atoms with Gasteiger partial charge in [0.05, 0.1) is 0 Å². The summed E-state index contributed by atoms with van der Waals surface area (Å²) in [6.07, 6.45) is 0. The number of carbonyl (C=O) groups excluding carboxylic acids is 2. The Bertz CT molecular complexity index is 1050. The number of hydrogen-bond donors (Lipinski definition) is 1. The van der Waals surface area contributed by atoms with Crippen LogP contribution in [0.2, 0.25) is 0 Å². The van der Waals surface area contributed by atoms with Crippen LogP contribution in [0.4, 0.5) is 5.69 Å². The Labute approximate surface area is 176 Å². The van der Waals surface area contributed by atoms with Gasteiger partial charge in [-0.3, -0.25) is 9.59 Å². The fraction of sp³-hybridized carbons (Fsp3) is 0.250. The molecule has 0 aliphatic heterocycles. The molecule has 30 heavy (non-hydrogen) atoms. The van der Waals surface area contributed by atoms with E-state index in [1.165, 1.54) is 12.5 Å². The largest absolute Gasteiger partial charge is 0.485 e. The van der Waals surface area contributed by atoms with Crippen molar-refractivity contribution in [3.8, 4) is 5.75 Å². The SMILES string of the molecule is CC(=O)N(C)Cc1ccccc1NC(=O)c1ccc(COc2ccc(C)cc2C)o1. The van der Waals surface area contributed by atoms with Crippen LogP contribution < -0.4 is 10.1 Å². The van der Waals surface area contributed by atoms with E-state index in [0.29, 0.717) is 18.0 Å². The first-order chi connectivity index (χ1) is 14.3. The number of anilines is 1. The van der Waals surface area contributed by atoms with Crippen molar-refractivity contribution in [1.29, 1.82) is 0 Å². The van der Waals surface area contributed by atoms with Crippen molar-refractivity contribution >= 4 is 17.5 Å². The van der Waals surface area contributed by atoms with Gasteiger partial charge in [-0.25, -0.2) is 0 Å². The van der Waals surface area contributed by atoms with Crippen molar-refractivity contribution in [2.75, 3.05) is 12.4 Å². The minimum Gasteiger partial charge on any atom is -0.485 e. The van der Waals surface area contributed by atoms with E-state index in [1.807, 2.05) is 44.2 Å². The maximum absolute atomic E-state index is 12.6. The summed E-state index contributed by atoms with van der Waals surface area (Å²) in [5.74, 6) is 1.14. The highest BCUT2D eigenvalue weighted by molar-refractivity contribution is 6.02. The molecule has 1 heterocycles. The van der Waals surface area contributed by atoms with Gasteiger partial charge in [0.2, 0.25) is 5.91 Å². The molecule has 0 unspecified atom stereocenters. The maximum atomic E-state index is 12.6. The van der Waals surface area contributed by atoms with Crippen molar-refractivity contribution < 1.29 is 18.7 Å². The van der Waals surface area contributed by atoms with Crippen LogP contribution in [0.3, 0.4) is 0 Å². The lowest BCUT2D eigenvalue weighted by atomic mass is 10.1. The molecule has 0 spiro atoms. The molecule has 0 aliphatic carbocycles. The van der Waals surface area contributed by atoms with Gasteiger partial charge >= 0.3 is 0 Å². The van der Waals surface area contributed by atoms with Gasteiger partial charge in [-0.1, -0.05) is 35.9 Å². The molecule has 3 rings (SSSR count). The summed E-state index contributed by atoms with van der Waals surface area (Å²) >= 11 is 0. The first-order valence-electron chi connectivity index (χ1n) is 9.73. The predicted molar refractivity (Wildman–Crippen MR) is 115 cm³/mol. The zero-order valence-electron chi connectivity index (χ0n) is 17.7. The number of hydrogen-bond acceptors (Lipinski definition) is 4. The van der Waals surface area contributed by atoms with E-state index in [2.05, 4.69) is 11.4 Å². The Balaban J connectivity index is 1.65. The van der Waals surface area contributed by atoms with E-state index in [1.54, 1.807) is 30.1 Å². The summed E-state index contributed by atoms with van der Waals surface area (Å²) in [6.45, 7) is 6.16. The molecular formula is C24H26N2O4. The summed E-state index contributed by atoms with van der Waals surface area (Å²) in [5, 5.41) is 2.86. The zero-order chi connectivity index (χ0) is 21.7. The number of benzene rings is 2. The fourth-order valence-corrected chi connectivity index (χ4v) is 3.02. The molecule has 6 nitrogen and oxygen atoms in total. The molecule has 2 aromatic carbocycles. The topological polar surface area (TPSA) is 71.8 Å². The van der Waals surface area contributed by atoms with Gasteiger partial charge in [-0.15, -0.1) is 0 Å². The van der Waals surface area contributed by atoms with E-state index in [-0.39, 0.29) is 24.2 Å². The number of furan rings is 1. The highest BCUT2D eigenvalue weighted by Gasteiger charge is 2.15. The molecule has 0 saturated heterocycles. The Morgan fingerprint density at radius 3 is 2.57 bits per heavy atom. The van der Waals surface area contributed by atoms with Crippen molar-refractivity contribution in [3.05, 3.63) is 82.8 Å². The summed E-state index contributed by atoms with van der Waals surface area (Å²) < 4.78 is 11.5. The maximum Gasteiger partial charge on any atom is 0.291 e. The second kappa shape index (κ2) is 9.31. The second-order valence-corrected chi connectivity index (χ2v) is 7.31. The first kappa shape index (κ1) is 21.2. The number of para-hydroxylation sites is 1. The van der Waals surface area contributed by atoms with Crippen LogP contribution in [0.15, 0.2) is 59.0 Å². The van der Waals surface area contributed by atoms with Gasteiger partial charge in [0.15, 0.2) is 5.76 Å². The Morgan fingerprint density at radius 2 is 1.83 bits per heavy atom. The van der Waals surface area contributed by atoms with Crippen LogP contribution >= 0.6 is 0 Å². The third-order valence-corrected chi connectivity index (χ3v) is 4.80. The highest BCUT2D eigenvalue weighted by atomic mass is 16.5. The highest BCUT2D eigenvalue weighted by Crippen LogP contribution is 2.22. The molecule has 6 heteroatoms. The van der Waals surface area contributed by atoms with Gasteiger partial charge in [-0.2, -0.15) is 0 Å². The summed E-state index contributed by atoms with van der Waals surface area (Å²) in [6, 6.07) is 16.7. The Kier molecular flexibility index (Phi) is 6.57. The smallest absolute Gasteiger partial charge is 0.291 e. The van der Waals surface area contributed by atoms with Crippen LogP contribution in [0.1, 0.15) is 39.9 Å². The minimum atomic E-state index is -0.356. The number of carbonyl (C=O) groups is 2. The molecule has 0 bridgehead atoms. The summed E-state index contributed by atoms with van der Waals surface area (Å²) in [4.78, 5) is 25.7. The molecule has 156 valence electrons. The zero-order valence-corrected chi connectivity index (χ0v) is 17.7. The van der Waals surface area contributed by atoms with Gasteiger partial charge in [0.25, 0.3) is 5.91 Å². The number of nitrogens with zero attached hydrogens (tertiary/aromatic N) is 1. The van der Waals surface area contributed by atoms with Gasteiger partial charge < -0.3 is 19.4 Å². The monoisotopic (exact) mass is 406 g/mol. The second-order valence-electron chi connectivity index (χ2n) is 7.31. The molecule has 0 saturated carbocycles. The number of rotatable bonds is 7.